The summed E-state index contributed by atoms with van der Waals surface area (Å²) in [5, 5.41) is 1.77. The number of aromatic nitrogens is 1. The van der Waals surface area contributed by atoms with E-state index in [1.807, 2.05) is 47.6 Å². The number of carbonyl (C=O) groups excluding carboxylic acids is 1. The van der Waals surface area contributed by atoms with Crippen molar-refractivity contribution in [3.8, 4) is 17.2 Å². The normalized spacial score (nSPS) is 16.9. The molecule has 4 heterocycles. The molecule has 0 saturated carbocycles. The Hall–Kier alpha value is -2.66. The van der Waals surface area contributed by atoms with E-state index in [0.717, 1.165) is 22.8 Å². The molecular formula is C23H25N3O5S2. The van der Waals surface area contributed by atoms with Crippen molar-refractivity contribution in [1.29, 1.82) is 0 Å². The van der Waals surface area contributed by atoms with Crippen LogP contribution in [0, 0.1) is 13.8 Å². The monoisotopic (exact) mass is 487 g/mol. The number of sulfonamides is 1. The molecule has 0 bridgehead atoms. The Morgan fingerprint density at radius 3 is 2.52 bits per heavy atom. The summed E-state index contributed by atoms with van der Waals surface area (Å²) in [6, 6.07) is 11.0. The third-order valence-corrected chi connectivity index (χ3v) is 9.41. The van der Waals surface area contributed by atoms with Gasteiger partial charge in [-0.15, -0.1) is 11.3 Å². The fourth-order valence-electron chi connectivity index (χ4n) is 4.42. The molecule has 0 unspecified atom stereocenters. The van der Waals surface area contributed by atoms with Gasteiger partial charge >= 0.3 is 0 Å². The zero-order valence-electron chi connectivity index (χ0n) is 18.5. The van der Waals surface area contributed by atoms with E-state index in [2.05, 4.69) is 0 Å². The van der Waals surface area contributed by atoms with E-state index in [-0.39, 0.29) is 19.1 Å². The van der Waals surface area contributed by atoms with Crippen LogP contribution in [0.25, 0.3) is 5.69 Å². The number of benzene rings is 1. The average Bonchev–Trinajstić information content (AvgIpc) is 3.54. The van der Waals surface area contributed by atoms with Crippen LogP contribution in [0.1, 0.15) is 21.7 Å². The maximum absolute atomic E-state index is 13.2. The largest absolute Gasteiger partial charge is 0.454 e. The van der Waals surface area contributed by atoms with Gasteiger partial charge in [-0.1, -0.05) is 6.07 Å². The molecule has 1 aromatic carbocycles. The van der Waals surface area contributed by atoms with Crippen molar-refractivity contribution in [2.75, 3.05) is 39.5 Å². The maximum Gasteiger partial charge on any atom is 0.252 e. The van der Waals surface area contributed by atoms with Crippen LogP contribution in [0.5, 0.6) is 11.5 Å². The number of carbonyl (C=O) groups is 1. The highest BCUT2D eigenvalue weighted by Crippen LogP contribution is 2.35. The first-order valence-electron chi connectivity index (χ1n) is 10.7. The van der Waals surface area contributed by atoms with E-state index in [0.29, 0.717) is 41.7 Å². The van der Waals surface area contributed by atoms with Gasteiger partial charge in [-0.2, -0.15) is 4.31 Å². The van der Waals surface area contributed by atoms with Crippen LogP contribution >= 0.6 is 11.3 Å². The molecule has 174 valence electrons. The molecule has 0 amide bonds. The minimum absolute atomic E-state index is 0.0321. The van der Waals surface area contributed by atoms with E-state index < -0.39 is 10.0 Å². The molecule has 3 aromatic rings. The smallest absolute Gasteiger partial charge is 0.252 e. The van der Waals surface area contributed by atoms with Gasteiger partial charge in [0.2, 0.25) is 6.79 Å². The van der Waals surface area contributed by atoms with Crippen LogP contribution in [0.4, 0.5) is 0 Å². The molecule has 33 heavy (non-hydrogen) atoms. The zero-order chi connectivity index (χ0) is 23.2. The van der Waals surface area contributed by atoms with Gasteiger partial charge in [0.1, 0.15) is 4.21 Å². The van der Waals surface area contributed by atoms with Crippen molar-refractivity contribution in [3.63, 3.8) is 0 Å². The Bertz CT molecular complexity index is 1290. The molecule has 10 heteroatoms. The molecule has 1 saturated heterocycles. The van der Waals surface area contributed by atoms with E-state index in [9.17, 15) is 13.2 Å². The lowest BCUT2D eigenvalue weighted by atomic mass is 10.1. The van der Waals surface area contributed by atoms with Crippen LogP contribution in [0.2, 0.25) is 0 Å². The zero-order valence-corrected chi connectivity index (χ0v) is 20.1. The molecular weight excluding hydrogens is 462 g/mol. The molecule has 0 radical (unpaired) electrons. The number of fused-ring (bicyclic) bond motifs is 1. The van der Waals surface area contributed by atoms with Crippen molar-refractivity contribution >= 4 is 27.1 Å². The summed E-state index contributed by atoms with van der Waals surface area (Å²) < 4.78 is 40.2. The van der Waals surface area contributed by atoms with Gasteiger partial charge in [0.25, 0.3) is 10.0 Å². The van der Waals surface area contributed by atoms with E-state index in [1.165, 1.54) is 15.6 Å². The third kappa shape index (κ3) is 4.08. The Kier molecular flexibility index (Phi) is 5.77. The number of thiophene rings is 1. The highest BCUT2D eigenvalue weighted by atomic mass is 32.2. The summed E-state index contributed by atoms with van der Waals surface area (Å²) in [4.78, 5) is 15.2. The average molecular weight is 488 g/mol. The summed E-state index contributed by atoms with van der Waals surface area (Å²) in [5.74, 6) is 1.45. The fraction of sp³-hybridized carbons (Fsp3) is 0.348. The van der Waals surface area contributed by atoms with Gasteiger partial charge in [-0.05, 0) is 43.5 Å². The van der Waals surface area contributed by atoms with Gasteiger partial charge in [0.15, 0.2) is 17.3 Å². The summed E-state index contributed by atoms with van der Waals surface area (Å²) in [7, 11) is -3.45. The first-order chi connectivity index (χ1) is 15.8. The summed E-state index contributed by atoms with van der Waals surface area (Å²) in [6.07, 6.45) is 0. The Balaban J connectivity index is 1.27. The number of Topliss-reactive ketones (excluding diaryl/α,β-unsaturated/α-hetero) is 1. The second kappa shape index (κ2) is 8.60. The number of ether oxygens (including phenoxy) is 2. The SMILES string of the molecule is Cc1cc(C(=O)CN2CCN(S(=O)(=O)c3cccs3)CC2)c(C)n1-c1ccc2c(c1)OCO2. The van der Waals surface area contributed by atoms with Crippen LogP contribution in [-0.2, 0) is 10.0 Å². The predicted octanol–water partition coefficient (Wildman–Crippen LogP) is 3.07. The van der Waals surface area contributed by atoms with Crippen LogP contribution in [0.15, 0.2) is 46.0 Å². The van der Waals surface area contributed by atoms with Gasteiger partial charge < -0.3 is 14.0 Å². The lowest BCUT2D eigenvalue weighted by Gasteiger charge is -2.33. The summed E-state index contributed by atoms with van der Waals surface area (Å²) >= 11 is 1.23. The van der Waals surface area contributed by atoms with Gasteiger partial charge in [-0.3, -0.25) is 9.69 Å². The molecule has 0 aliphatic carbocycles. The minimum Gasteiger partial charge on any atom is -0.454 e. The number of aryl methyl sites for hydroxylation is 1. The molecule has 2 aromatic heterocycles. The first kappa shape index (κ1) is 22.1. The van der Waals surface area contributed by atoms with Crippen molar-refractivity contribution in [2.24, 2.45) is 0 Å². The lowest BCUT2D eigenvalue weighted by Crippen LogP contribution is -2.49. The third-order valence-electron chi connectivity index (χ3n) is 6.13. The molecule has 0 N–H and O–H groups in total. The van der Waals surface area contributed by atoms with Crippen molar-refractivity contribution in [1.82, 2.24) is 13.8 Å². The molecule has 8 nitrogen and oxygen atoms in total. The Morgan fingerprint density at radius 2 is 1.79 bits per heavy atom. The molecule has 1 fully saturated rings. The van der Waals surface area contributed by atoms with Crippen molar-refractivity contribution in [3.05, 3.63) is 58.7 Å². The number of rotatable bonds is 6. The molecule has 0 atom stereocenters. The predicted molar refractivity (Wildman–Crippen MR) is 125 cm³/mol. The van der Waals surface area contributed by atoms with E-state index in [1.54, 1.807) is 17.5 Å². The van der Waals surface area contributed by atoms with Crippen LogP contribution in [0.3, 0.4) is 0 Å². The van der Waals surface area contributed by atoms with E-state index >= 15 is 0 Å². The van der Waals surface area contributed by atoms with Crippen molar-refractivity contribution < 1.29 is 22.7 Å². The van der Waals surface area contributed by atoms with Gasteiger partial charge in [-0.25, -0.2) is 8.42 Å². The van der Waals surface area contributed by atoms with Crippen molar-refractivity contribution in [2.45, 2.75) is 18.1 Å². The number of nitrogens with zero attached hydrogens (tertiary/aromatic N) is 3. The first-order valence-corrected chi connectivity index (χ1v) is 13.0. The standard InChI is InChI=1S/C23H25N3O5S2/c1-16-12-19(17(2)26(16)18-5-6-21-22(13-18)31-15-30-21)20(27)14-24-7-9-25(10-8-24)33(28,29)23-4-3-11-32-23/h3-6,11-13H,7-10,14-15H2,1-2H3. The number of ketones is 1. The second-order valence-corrected chi connectivity index (χ2v) is 11.3. The van der Waals surface area contributed by atoms with E-state index in [4.69, 9.17) is 9.47 Å². The van der Waals surface area contributed by atoms with Crippen LogP contribution < -0.4 is 9.47 Å². The summed E-state index contributed by atoms with van der Waals surface area (Å²) in [6.45, 7) is 6.20. The van der Waals surface area contributed by atoms with Gasteiger partial charge in [0, 0.05) is 54.9 Å². The quantitative estimate of drug-likeness (QED) is 0.497. The fourth-order valence-corrected chi connectivity index (χ4v) is 6.99. The van der Waals surface area contributed by atoms with Crippen LogP contribution in [-0.4, -0.2) is 67.5 Å². The number of hydrogen-bond donors (Lipinski definition) is 0. The second-order valence-electron chi connectivity index (χ2n) is 8.19. The van der Waals surface area contributed by atoms with Gasteiger partial charge in [0.05, 0.1) is 6.54 Å². The number of hydrogen-bond acceptors (Lipinski definition) is 7. The number of piperazine rings is 1. The Morgan fingerprint density at radius 1 is 1.03 bits per heavy atom. The highest BCUT2D eigenvalue weighted by Gasteiger charge is 2.30. The minimum atomic E-state index is -3.45. The lowest BCUT2D eigenvalue weighted by molar-refractivity contribution is 0.0901. The molecule has 2 aliphatic rings. The topological polar surface area (TPSA) is 81.1 Å². The summed E-state index contributed by atoms with van der Waals surface area (Å²) in [5.41, 5.74) is 3.43. The highest BCUT2D eigenvalue weighted by molar-refractivity contribution is 7.91. The molecule has 2 aliphatic heterocycles. The molecule has 5 rings (SSSR count). The maximum atomic E-state index is 13.2. The molecule has 0 spiro atoms. The Labute approximate surface area is 197 Å².